The number of nitrogens with one attached hydrogen (secondary N) is 1. The summed E-state index contributed by atoms with van der Waals surface area (Å²) in [5.41, 5.74) is 3.57. The normalized spacial score (nSPS) is 12.2. The van der Waals surface area contributed by atoms with Crippen molar-refractivity contribution >= 4 is 28.5 Å². The monoisotopic (exact) mass is 436 g/mol. The Hall–Kier alpha value is -3.28. The zero-order valence-electron chi connectivity index (χ0n) is 19.2. The smallest absolute Gasteiger partial charge is 0.305 e. The van der Waals surface area contributed by atoms with Gasteiger partial charge >= 0.3 is 5.97 Å². The lowest BCUT2D eigenvalue weighted by molar-refractivity contribution is -0.137. The number of carboxylic acid groups (broad SMARTS) is 1. The topological polar surface area (TPSA) is 82.8 Å². The van der Waals surface area contributed by atoms with Gasteiger partial charge in [0.25, 0.3) is 5.91 Å². The van der Waals surface area contributed by atoms with Gasteiger partial charge in [-0.25, -0.2) is 0 Å². The zero-order valence-corrected chi connectivity index (χ0v) is 19.2. The van der Waals surface area contributed by atoms with Crippen LogP contribution in [0.2, 0.25) is 0 Å². The summed E-state index contributed by atoms with van der Waals surface area (Å²) in [5.74, 6) is 0.324. The third-order valence-corrected chi connectivity index (χ3v) is 5.59. The number of rotatable bonds is 10. The van der Waals surface area contributed by atoms with E-state index < -0.39 is 5.97 Å². The quantitative estimate of drug-likeness (QED) is 0.423. The van der Waals surface area contributed by atoms with Gasteiger partial charge in [0.2, 0.25) is 0 Å². The van der Waals surface area contributed by atoms with Crippen molar-refractivity contribution in [1.29, 1.82) is 0 Å². The van der Waals surface area contributed by atoms with E-state index >= 15 is 0 Å². The molecule has 1 atom stereocenters. The highest BCUT2D eigenvalue weighted by Gasteiger charge is 2.23. The predicted molar refractivity (Wildman–Crippen MR) is 127 cm³/mol. The van der Waals surface area contributed by atoms with Crippen molar-refractivity contribution in [3.8, 4) is 0 Å². The summed E-state index contributed by atoms with van der Waals surface area (Å²) >= 11 is 0. The average Bonchev–Trinajstić information content (AvgIpc) is 3.15. The lowest BCUT2D eigenvalue weighted by atomic mass is 9.97. The number of amides is 1. The van der Waals surface area contributed by atoms with E-state index in [4.69, 9.17) is 9.52 Å². The summed E-state index contributed by atoms with van der Waals surface area (Å²) in [5, 5.41) is 13.6. The summed E-state index contributed by atoms with van der Waals surface area (Å²) in [7, 11) is 1.62. The Morgan fingerprint density at radius 1 is 1.09 bits per heavy atom. The number of anilines is 1. The van der Waals surface area contributed by atoms with Crippen molar-refractivity contribution < 1.29 is 19.1 Å². The Balaban J connectivity index is 1.81. The Labute approximate surface area is 189 Å². The number of carbonyl (C=O) groups excluding carboxylic acids is 1. The van der Waals surface area contributed by atoms with E-state index in [1.807, 2.05) is 30.3 Å². The molecule has 170 valence electrons. The number of carbonyl (C=O) groups is 2. The SMILES string of the molecule is CCc1c(C(CC(C)C)Nc2ccc(C(=O)N(C)CCC(=O)O)cc2)oc2ccccc12. The fourth-order valence-electron chi connectivity index (χ4n) is 3.96. The standard InChI is InChI=1S/C26H32N2O4/c1-5-20-21-8-6-7-9-23(21)32-25(20)22(16-17(2)3)27-19-12-10-18(11-13-19)26(31)28(4)15-14-24(29)30/h6-13,17,22,27H,5,14-16H2,1-4H3,(H,29,30). The second kappa shape index (κ2) is 10.4. The van der Waals surface area contributed by atoms with E-state index in [0.29, 0.717) is 11.5 Å². The molecule has 3 rings (SSSR count). The molecular formula is C26H32N2O4. The summed E-state index contributed by atoms with van der Waals surface area (Å²) in [4.78, 5) is 24.7. The number of benzene rings is 2. The molecule has 32 heavy (non-hydrogen) atoms. The van der Waals surface area contributed by atoms with Crippen LogP contribution in [0.4, 0.5) is 5.69 Å². The first-order chi connectivity index (χ1) is 15.3. The van der Waals surface area contributed by atoms with Crippen molar-refractivity contribution in [2.75, 3.05) is 18.9 Å². The highest BCUT2D eigenvalue weighted by atomic mass is 16.4. The molecule has 3 aromatic rings. The Morgan fingerprint density at radius 3 is 2.41 bits per heavy atom. The number of hydrogen-bond donors (Lipinski definition) is 2. The molecule has 0 fully saturated rings. The summed E-state index contributed by atoms with van der Waals surface area (Å²) in [6.45, 7) is 6.71. The number of carboxylic acids is 1. The molecule has 1 heterocycles. The number of furan rings is 1. The number of aliphatic carboxylic acids is 1. The van der Waals surface area contributed by atoms with Crippen molar-refractivity contribution in [3.63, 3.8) is 0 Å². The third kappa shape index (κ3) is 5.49. The molecule has 0 saturated heterocycles. The summed E-state index contributed by atoms with van der Waals surface area (Å²) in [6.07, 6.45) is 1.72. The van der Waals surface area contributed by atoms with Gasteiger partial charge in [-0.2, -0.15) is 0 Å². The van der Waals surface area contributed by atoms with Gasteiger partial charge in [-0.3, -0.25) is 9.59 Å². The highest BCUT2D eigenvalue weighted by Crippen LogP contribution is 2.35. The zero-order chi connectivity index (χ0) is 23.3. The van der Waals surface area contributed by atoms with Crippen LogP contribution >= 0.6 is 0 Å². The van der Waals surface area contributed by atoms with Crippen LogP contribution in [0.15, 0.2) is 52.9 Å². The van der Waals surface area contributed by atoms with Gasteiger partial charge in [-0.15, -0.1) is 0 Å². The number of aryl methyl sites for hydroxylation is 1. The molecule has 0 bridgehead atoms. The lowest BCUT2D eigenvalue weighted by Crippen LogP contribution is -2.29. The molecule has 1 aromatic heterocycles. The van der Waals surface area contributed by atoms with Crippen LogP contribution in [0.5, 0.6) is 0 Å². The minimum absolute atomic E-state index is 0.0112. The molecule has 1 unspecified atom stereocenters. The minimum atomic E-state index is -0.919. The minimum Gasteiger partial charge on any atom is -0.481 e. The van der Waals surface area contributed by atoms with Gasteiger partial charge in [-0.05, 0) is 49.1 Å². The molecule has 6 nitrogen and oxygen atoms in total. The van der Waals surface area contributed by atoms with Crippen LogP contribution in [-0.4, -0.2) is 35.5 Å². The van der Waals surface area contributed by atoms with Crippen LogP contribution in [0, 0.1) is 5.92 Å². The second-order valence-corrected chi connectivity index (χ2v) is 8.57. The fourth-order valence-corrected chi connectivity index (χ4v) is 3.96. The van der Waals surface area contributed by atoms with Crippen LogP contribution in [0.1, 0.15) is 61.3 Å². The molecule has 6 heteroatoms. The number of fused-ring (bicyclic) bond motifs is 1. The van der Waals surface area contributed by atoms with E-state index in [9.17, 15) is 9.59 Å². The van der Waals surface area contributed by atoms with Gasteiger partial charge in [0.15, 0.2) is 0 Å². The van der Waals surface area contributed by atoms with Gasteiger partial charge in [0, 0.05) is 35.8 Å². The Kier molecular flexibility index (Phi) is 7.57. The first-order valence-corrected chi connectivity index (χ1v) is 11.1. The van der Waals surface area contributed by atoms with E-state index in [1.165, 1.54) is 10.5 Å². The van der Waals surface area contributed by atoms with Crippen molar-refractivity contribution in [2.45, 2.75) is 46.1 Å². The van der Waals surface area contributed by atoms with Crippen LogP contribution in [-0.2, 0) is 11.2 Å². The largest absolute Gasteiger partial charge is 0.481 e. The van der Waals surface area contributed by atoms with Gasteiger partial charge < -0.3 is 19.7 Å². The van der Waals surface area contributed by atoms with E-state index in [-0.39, 0.29) is 24.9 Å². The highest BCUT2D eigenvalue weighted by molar-refractivity contribution is 5.94. The Morgan fingerprint density at radius 2 is 1.78 bits per heavy atom. The van der Waals surface area contributed by atoms with Crippen molar-refractivity contribution in [1.82, 2.24) is 4.90 Å². The maximum atomic E-state index is 12.5. The van der Waals surface area contributed by atoms with Crippen molar-refractivity contribution in [3.05, 3.63) is 65.4 Å². The maximum Gasteiger partial charge on any atom is 0.305 e. The van der Waals surface area contributed by atoms with Crippen molar-refractivity contribution in [2.24, 2.45) is 5.92 Å². The first-order valence-electron chi connectivity index (χ1n) is 11.1. The van der Waals surface area contributed by atoms with Gasteiger partial charge in [0.05, 0.1) is 12.5 Å². The predicted octanol–water partition coefficient (Wildman–Crippen LogP) is 5.74. The summed E-state index contributed by atoms with van der Waals surface area (Å²) in [6, 6.07) is 15.5. The molecule has 0 radical (unpaired) electrons. The molecule has 1 amide bonds. The molecule has 0 aliphatic heterocycles. The van der Waals surface area contributed by atoms with E-state index in [1.54, 1.807) is 19.2 Å². The maximum absolute atomic E-state index is 12.5. The molecule has 0 aliphatic carbocycles. The first kappa shape index (κ1) is 23.4. The fraction of sp³-hybridized carbons (Fsp3) is 0.385. The third-order valence-electron chi connectivity index (χ3n) is 5.59. The molecule has 0 aliphatic rings. The number of hydrogen-bond acceptors (Lipinski definition) is 4. The van der Waals surface area contributed by atoms with Crippen LogP contribution in [0.3, 0.4) is 0 Å². The summed E-state index contributed by atoms with van der Waals surface area (Å²) < 4.78 is 6.29. The Bertz CT molecular complexity index is 1070. The lowest BCUT2D eigenvalue weighted by Gasteiger charge is -2.22. The average molecular weight is 437 g/mol. The number of para-hydroxylation sites is 1. The molecular weight excluding hydrogens is 404 g/mol. The van der Waals surface area contributed by atoms with Gasteiger partial charge in [0.1, 0.15) is 11.3 Å². The van der Waals surface area contributed by atoms with Crippen LogP contribution in [0.25, 0.3) is 11.0 Å². The molecule has 2 aromatic carbocycles. The molecule has 2 N–H and O–H groups in total. The molecule has 0 saturated carbocycles. The molecule has 0 spiro atoms. The second-order valence-electron chi connectivity index (χ2n) is 8.57. The van der Waals surface area contributed by atoms with E-state index in [0.717, 1.165) is 35.3 Å². The van der Waals surface area contributed by atoms with Gasteiger partial charge in [-0.1, -0.05) is 39.0 Å². The van der Waals surface area contributed by atoms with E-state index in [2.05, 4.69) is 32.2 Å². The number of nitrogens with zero attached hydrogens (tertiary/aromatic N) is 1. The van der Waals surface area contributed by atoms with Crippen LogP contribution < -0.4 is 5.32 Å².